The predicted octanol–water partition coefficient (Wildman–Crippen LogP) is 3.89. The zero-order valence-corrected chi connectivity index (χ0v) is 11.9. The molecule has 2 rings (SSSR count). The van der Waals surface area contributed by atoms with Crippen molar-refractivity contribution >= 4 is 33.2 Å². The molecule has 0 fully saturated rings. The van der Waals surface area contributed by atoms with Crippen LogP contribution in [0.25, 0.3) is 0 Å². The fraction of sp³-hybridized carbons (Fsp3) is 0. The number of rotatable bonds is 3. The fourth-order valence-electron chi connectivity index (χ4n) is 1.63. The summed E-state index contributed by atoms with van der Waals surface area (Å²) in [6, 6.07) is 6.08. The van der Waals surface area contributed by atoms with Gasteiger partial charge in [0.15, 0.2) is 0 Å². The summed E-state index contributed by atoms with van der Waals surface area (Å²) in [7, 11) is 0. The molecule has 1 amide bonds. The average Bonchev–Trinajstić information content (AvgIpc) is 2.41. The van der Waals surface area contributed by atoms with E-state index in [1.165, 1.54) is 6.07 Å². The first-order valence-electron chi connectivity index (χ1n) is 5.59. The van der Waals surface area contributed by atoms with Crippen LogP contribution >= 0.6 is 15.9 Å². The number of carbonyl (C=O) groups is 1. The molecule has 0 aliphatic carbocycles. The average molecular weight is 357 g/mol. The van der Waals surface area contributed by atoms with Crippen LogP contribution in [0.4, 0.5) is 20.2 Å². The highest BCUT2D eigenvalue weighted by Crippen LogP contribution is 2.25. The first-order chi connectivity index (χ1) is 9.88. The Hall–Kier alpha value is -2.35. The second-order valence-corrected chi connectivity index (χ2v) is 4.85. The number of nitro groups is 1. The lowest BCUT2D eigenvalue weighted by Gasteiger charge is -2.08. The summed E-state index contributed by atoms with van der Waals surface area (Å²) in [5.41, 5.74) is -0.733. The van der Waals surface area contributed by atoms with Crippen LogP contribution in [-0.4, -0.2) is 10.8 Å². The molecule has 0 aliphatic heterocycles. The summed E-state index contributed by atoms with van der Waals surface area (Å²) in [6.07, 6.45) is 0. The zero-order chi connectivity index (χ0) is 15.6. The Balaban J connectivity index is 2.36. The Morgan fingerprint density at radius 1 is 1.14 bits per heavy atom. The minimum atomic E-state index is -0.867. The van der Waals surface area contributed by atoms with E-state index in [-0.39, 0.29) is 10.2 Å². The van der Waals surface area contributed by atoms with Crippen molar-refractivity contribution in [1.82, 2.24) is 0 Å². The van der Waals surface area contributed by atoms with Gasteiger partial charge >= 0.3 is 0 Å². The highest BCUT2D eigenvalue weighted by atomic mass is 79.9. The predicted molar refractivity (Wildman–Crippen MR) is 75.1 cm³/mol. The molecule has 8 heteroatoms. The molecule has 0 bridgehead atoms. The maximum Gasteiger partial charge on any atom is 0.282 e. The van der Waals surface area contributed by atoms with Gasteiger partial charge in [0.05, 0.1) is 10.6 Å². The number of anilines is 1. The lowest BCUT2D eigenvalue weighted by molar-refractivity contribution is -0.385. The smallest absolute Gasteiger partial charge is 0.282 e. The molecule has 5 nitrogen and oxygen atoms in total. The number of hydrogen-bond acceptors (Lipinski definition) is 3. The zero-order valence-electron chi connectivity index (χ0n) is 10.3. The van der Waals surface area contributed by atoms with Crippen molar-refractivity contribution in [2.45, 2.75) is 0 Å². The number of hydrogen-bond donors (Lipinski definition) is 1. The Labute approximate surface area is 125 Å². The van der Waals surface area contributed by atoms with Crippen LogP contribution in [0, 0.1) is 21.7 Å². The number of nitrogens with zero attached hydrogens (tertiary/aromatic N) is 1. The third-order valence-corrected chi connectivity index (χ3v) is 3.24. The monoisotopic (exact) mass is 356 g/mol. The number of amides is 1. The number of nitrogens with one attached hydrogen (secondary N) is 1. The third kappa shape index (κ3) is 3.40. The maximum absolute atomic E-state index is 13.2. The lowest BCUT2D eigenvalue weighted by Crippen LogP contribution is -2.14. The van der Waals surface area contributed by atoms with Crippen molar-refractivity contribution in [3.05, 3.63) is 68.2 Å². The highest BCUT2D eigenvalue weighted by molar-refractivity contribution is 9.10. The van der Waals surface area contributed by atoms with Gasteiger partial charge in [-0.3, -0.25) is 14.9 Å². The van der Waals surface area contributed by atoms with Gasteiger partial charge in [0.1, 0.15) is 17.2 Å². The van der Waals surface area contributed by atoms with Crippen LogP contribution in [0.1, 0.15) is 10.4 Å². The molecule has 0 saturated carbocycles. The molecule has 0 aliphatic rings. The molecule has 0 spiro atoms. The first-order valence-corrected chi connectivity index (χ1v) is 6.38. The summed E-state index contributed by atoms with van der Waals surface area (Å²) >= 11 is 3.05. The number of benzene rings is 2. The summed E-state index contributed by atoms with van der Waals surface area (Å²) in [4.78, 5) is 22.1. The molecule has 0 radical (unpaired) electrons. The van der Waals surface area contributed by atoms with E-state index < -0.39 is 33.7 Å². The van der Waals surface area contributed by atoms with E-state index in [9.17, 15) is 23.7 Å². The van der Waals surface area contributed by atoms with E-state index in [1.54, 1.807) is 0 Å². The van der Waals surface area contributed by atoms with Crippen molar-refractivity contribution in [2.24, 2.45) is 0 Å². The number of halogens is 3. The van der Waals surface area contributed by atoms with E-state index >= 15 is 0 Å². The van der Waals surface area contributed by atoms with Crippen molar-refractivity contribution < 1.29 is 18.5 Å². The molecule has 2 aromatic carbocycles. The fourth-order valence-corrected chi connectivity index (χ4v) is 2.08. The standard InChI is InChI=1S/C13H7BrF2N2O3/c14-10-6-8(16)1-3-11(10)17-13(19)9-5-7(15)2-4-12(9)18(20)21/h1-6H,(H,17,19). The molecule has 0 saturated heterocycles. The molecule has 108 valence electrons. The molecule has 0 unspecified atom stereocenters. The molecular weight excluding hydrogens is 350 g/mol. The second-order valence-electron chi connectivity index (χ2n) is 4.00. The van der Waals surface area contributed by atoms with Gasteiger partial charge in [0.2, 0.25) is 0 Å². The molecule has 1 N–H and O–H groups in total. The number of nitro benzene ring substituents is 1. The SMILES string of the molecule is O=C(Nc1ccc(F)cc1Br)c1cc(F)ccc1[N+](=O)[O-]. The van der Waals surface area contributed by atoms with E-state index in [0.29, 0.717) is 0 Å². The Morgan fingerprint density at radius 2 is 1.76 bits per heavy atom. The van der Waals surface area contributed by atoms with Crippen LogP contribution < -0.4 is 5.32 Å². The van der Waals surface area contributed by atoms with E-state index in [2.05, 4.69) is 21.2 Å². The van der Waals surface area contributed by atoms with Crippen molar-refractivity contribution in [2.75, 3.05) is 5.32 Å². The minimum Gasteiger partial charge on any atom is -0.321 e. The lowest BCUT2D eigenvalue weighted by atomic mass is 10.1. The van der Waals surface area contributed by atoms with E-state index in [0.717, 1.165) is 30.3 Å². The minimum absolute atomic E-state index is 0.208. The molecule has 0 heterocycles. The van der Waals surface area contributed by atoms with E-state index in [4.69, 9.17) is 0 Å². The Kier molecular flexibility index (Phi) is 4.27. The van der Waals surface area contributed by atoms with Gasteiger partial charge in [-0.1, -0.05) is 0 Å². The quantitative estimate of drug-likeness (QED) is 0.669. The van der Waals surface area contributed by atoms with Gasteiger partial charge in [0.25, 0.3) is 11.6 Å². The van der Waals surface area contributed by atoms with Crippen molar-refractivity contribution in [3.8, 4) is 0 Å². The summed E-state index contributed by atoms with van der Waals surface area (Å²) in [6.45, 7) is 0. The van der Waals surface area contributed by atoms with Gasteiger partial charge < -0.3 is 5.32 Å². The van der Waals surface area contributed by atoms with Crippen LogP contribution in [0.3, 0.4) is 0 Å². The second kappa shape index (κ2) is 5.96. The van der Waals surface area contributed by atoms with Crippen LogP contribution in [-0.2, 0) is 0 Å². The molecule has 21 heavy (non-hydrogen) atoms. The Morgan fingerprint density at radius 3 is 2.38 bits per heavy atom. The number of carbonyl (C=O) groups excluding carboxylic acids is 1. The van der Waals surface area contributed by atoms with Gasteiger partial charge in [-0.25, -0.2) is 8.78 Å². The largest absolute Gasteiger partial charge is 0.321 e. The van der Waals surface area contributed by atoms with Gasteiger partial charge in [-0.2, -0.15) is 0 Å². The summed E-state index contributed by atoms with van der Waals surface area (Å²) in [5.74, 6) is -2.16. The first kappa shape index (κ1) is 15.0. The van der Waals surface area contributed by atoms with Crippen LogP contribution in [0.15, 0.2) is 40.9 Å². The van der Waals surface area contributed by atoms with Gasteiger partial charge in [-0.05, 0) is 46.3 Å². The maximum atomic E-state index is 13.2. The van der Waals surface area contributed by atoms with E-state index in [1.807, 2.05) is 0 Å². The Bertz CT molecular complexity index is 737. The topological polar surface area (TPSA) is 72.2 Å². The summed E-state index contributed by atoms with van der Waals surface area (Å²) < 4.78 is 26.4. The van der Waals surface area contributed by atoms with Gasteiger partial charge in [-0.15, -0.1) is 0 Å². The third-order valence-electron chi connectivity index (χ3n) is 2.58. The molecule has 2 aromatic rings. The van der Waals surface area contributed by atoms with Gasteiger partial charge in [0, 0.05) is 10.5 Å². The molecule has 0 atom stereocenters. The highest BCUT2D eigenvalue weighted by Gasteiger charge is 2.21. The normalized spacial score (nSPS) is 10.2. The molecule has 0 aromatic heterocycles. The molecular formula is C13H7BrF2N2O3. The van der Waals surface area contributed by atoms with Crippen molar-refractivity contribution in [1.29, 1.82) is 0 Å². The van der Waals surface area contributed by atoms with Crippen LogP contribution in [0.2, 0.25) is 0 Å². The van der Waals surface area contributed by atoms with Crippen molar-refractivity contribution in [3.63, 3.8) is 0 Å². The van der Waals surface area contributed by atoms with Crippen LogP contribution in [0.5, 0.6) is 0 Å². The summed E-state index contributed by atoms with van der Waals surface area (Å²) in [5, 5.41) is 13.2.